The van der Waals surface area contributed by atoms with Gasteiger partial charge in [-0.1, -0.05) is 66.7 Å². The van der Waals surface area contributed by atoms with E-state index < -0.39 is 0 Å². The van der Waals surface area contributed by atoms with Crippen LogP contribution in [-0.2, 0) is 6.61 Å². The third kappa shape index (κ3) is 4.38. The smallest absolute Gasteiger partial charge is 0.127 e. The lowest BCUT2D eigenvalue weighted by atomic mass is 10.00. The molecule has 3 heteroatoms. The fourth-order valence-electron chi connectivity index (χ4n) is 2.56. The van der Waals surface area contributed by atoms with Crippen LogP contribution in [0.1, 0.15) is 24.1 Å². The molecule has 3 rings (SSSR count). The molecule has 2 N–H and O–H groups in total. The normalized spacial score (nSPS) is 11.4. The van der Waals surface area contributed by atoms with Crippen LogP contribution in [0.4, 0.5) is 0 Å². The van der Waals surface area contributed by atoms with Crippen LogP contribution in [0.2, 0.25) is 0 Å². The SMILES string of the molecule is C[C@H](N)c1cccc(-c2ccccc2OCc2ccccc2)c1.Cl. The lowest BCUT2D eigenvalue weighted by molar-refractivity contribution is 0.307. The molecule has 0 heterocycles. The maximum atomic E-state index is 6.05. The summed E-state index contributed by atoms with van der Waals surface area (Å²) in [5, 5.41) is 0. The summed E-state index contributed by atoms with van der Waals surface area (Å²) >= 11 is 0. The van der Waals surface area contributed by atoms with Crippen molar-refractivity contribution in [3.63, 3.8) is 0 Å². The summed E-state index contributed by atoms with van der Waals surface area (Å²) in [5.74, 6) is 0.887. The summed E-state index contributed by atoms with van der Waals surface area (Å²) in [4.78, 5) is 0. The van der Waals surface area contributed by atoms with Crippen LogP contribution in [0.15, 0.2) is 78.9 Å². The van der Waals surface area contributed by atoms with E-state index in [0.717, 1.165) is 28.0 Å². The van der Waals surface area contributed by atoms with E-state index >= 15 is 0 Å². The van der Waals surface area contributed by atoms with Gasteiger partial charge in [-0.3, -0.25) is 0 Å². The predicted molar refractivity (Wildman–Crippen MR) is 103 cm³/mol. The summed E-state index contributed by atoms with van der Waals surface area (Å²) < 4.78 is 6.05. The molecular weight excluding hydrogens is 318 g/mol. The van der Waals surface area contributed by atoms with Crippen molar-refractivity contribution in [2.75, 3.05) is 0 Å². The number of ether oxygens (including phenoxy) is 1. The lowest BCUT2D eigenvalue weighted by Gasteiger charge is -2.13. The highest BCUT2D eigenvalue weighted by molar-refractivity contribution is 5.85. The Labute approximate surface area is 149 Å². The molecule has 3 aromatic rings. The van der Waals surface area contributed by atoms with Gasteiger partial charge in [0.15, 0.2) is 0 Å². The molecule has 0 radical (unpaired) electrons. The van der Waals surface area contributed by atoms with Crippen LogP contribution in [0.3, 0.4) is 0 Å². The van der Waals surface area contributed by atoms with Gasteiger partial charge in [0.1, 0.15) is 12.4 Å². The van der Waals surface area contributed by atoms with Gasteiger partial charge in [0.25, 0.3) is 0 Å². The highest BCUT2D eigenvalue weighted by Gasteiger charge is 2.08. The van der Waals surface area contributed by atoms with Crippen molar-refractivity contribution in [1.29, 1.82) is 0 Å². The molecule has 0 aliphatic carbocycles. The zero-order valence-electron chi connectivity index (χ0n) is 13.7. The van der Waals surface area contributed by atoms with Gasteiger partial charge >= 0.3 is 0 Å². The summed E-state index contributed by atoms with van der Waals surface area (Å²) in [6, 6.07) is 26.7. The van der Waals surface area contributed by atoms with Crippen LogP contribution in [-0.4, -0.2) is 0 Å². The fraction of sp³-hybridized carbons (Fsp3) is 0.143. The zero-order valence-corrected chi connectivity index (χ0v) is 14.5. The van der Waals surface area contributed by atoms with Gasteiger partial charge in [-0.05, 0) is 35.7 Å². The summed E-state index contributed by atoms with van der Waals surface area (Å²) in [7, 11) is 0. The first-order valence-electron chi connectivity index (χ1n) is 7.86. The minimum atomic E-state index is 0. The topological polar surface area (TPSA) is 35.2 Å². The summed E-state index contributed by atoms with van der Waals surface area (Å²) in [6.45, 7) is 2.56. The quantitative estimate of drug-likeness (QED) is 0.677. The number of hydrogen-bond acceptors (Lipinski definition) is 2. The van der Waals surface area contributed by atoms with E-state index in [1.54, 1.807) is 0 Å². The Kier molecular flexibility index (Phi) is 6.42. The molecule has 0 saturated heterocycles. The van der Waals surface area contributed by atoms with Crippen molar-refractivity contribution in [3.8, 4) is 16.9 Å². The first-order chi connectivity index (χ1) is 11.2. The monoisotopic (exact) mass is 339 g/mol. The Morgan fingerprint density at radius 3 is 2.33 bits per heavy atom. The van der Waals surface area contributed by atoms with Crippen molar-refractivity contribution in [2.24, 2.45) is 5.73 Å². The number of halogens is 1. The molecule has 0 unspecified atom stereocenters. The van der Waals surface area contributed by atoms with Crippen molar-refractivity contribution in [2.45, 2.75) is 19.6 Å². The summed E-state index contributed by atoms with van der Waals surface area (Å²) in [5.41, 5.74) is 10.5. The van der Waals surface area contributed by atoms with E-state index in [4.69, 9.17) is 10.5 Å². The fourth-order valence-corrected chi connectivity index (χ4v) is 2.56. The van der Waals surface area contributed by atoms with Crippen LogP contribution < -0.4 is 10.5 Å². The first-order valence-corrected chi connectivity index (χ1v) is 7.86. The third-order valence-electron chi connectivity index (χ3n) is 3.85. The van der Waals surface area contributed by atoms with Crippen molar-refractivity contribution >= 4 is 12.4 Å². The molecule has 0 amide bonds. The summed E-state index contributed by atoms with van der Waals surface area (Å²) in [6.07, 6.45) is 0. The molecule has 2 nitrogen and oxygen atoms in total. The second-order valence-electron chi connectivity index (χ2n) is 5.68. The van der Waals surface area contributed by atoms with Crippen molar-refractivity contribution in [1.82, 2.24) is 0 Å². The standard InChI is InChI=1S/C21H21NO.ClH/c1-16(22)18-10-7-11-19(14-18)20-12-5-6-13-21(20)23-15-17-8-3-2-4-9-17;/h2-14,16H,15,22H2,1H3;1H/t16-;/m0./s1. The van der Waals surface area contributed by atoms with E-state index in [-0.39, 0.29) is 18.4 Å². The van der Waals surface area contributed by atoms with Gasteiger partial charge in [-0.25, -0.2) is 0 Å². The number of hydrogen-bond donors (Lipinski definition) is 1. The zero-order chi connectivity index (χ0) is 16.1. The minimum absolute atomic E-state index is 0. The molecule has 0 spiro atoms. The van der Waals surface area contributed by atoms with Gasteiger partial charge in [-0.15, -0.1) is 12.4 Å². The third-order valence-corrected chi connectivity index (χ3v) is 3.85. The number of nitrogens with two attached hydrogens (primary N) is 1. The second kappa shape index (κ2) is 8.53. The molecule has 0 bridgehead atoms. The molecular formula is C21H22ClNO. The van der Waals surface area contributed by atoms with Gasteiger partial charge < -0.3 is 10.5 Å². The molecule has 3 aromatic carbocycles. The van der Waals surface area contributed by atoms with Crippen molar-refractivity contribution < 1.29 is 4.74 Å². The van der Waals surface area contributed by atoms with Crippen LogP contribution in [0, 0.1) is 0 Å². The Balaban J connectivity index is 0.00000208. The van der Waals surface area contributed by atoms with Gasteiger partial charge in [-0.2, -0.15) is 0 Å². The van der Waals surface area contributed by atoms with Crippen LogP contribution in [0.25, 0.3) is 11.1 Å². The molecule has 0 fully saturated rings. The molecule has 0 aromatic heterocycles. The molecule has 0 aliphatic heterocycles. The van der Waals surface area contributed by atoms with Gasteiger partial charge in [0.05, 0.1) is 0 Å². The van der Waals surface area contributed by atoms with Gasteiger partial charge in [0.2, 0.25) is 0 Å². The second-order valence-corrected chi connectivity index (χ2v) is 5.68. The van der Waals surface area contributed by atoms with Crippen LogP contribution in [0.5, 0.6) is 5.75 Å². The highest BCUT2D eigenvalue weighted by atomic mass is 35.5. The Morgan fingerprint density at radius 1 is 0.875 bits per heavy atom. The van der Waals surface area contributed by atoms with E-state index in [0.29, 0.717) is 6.61 Å². The molecule has 0 aliphatic rings. The number of rotatable bonds is 5. The Bertz CT molecular complexity index is 772. The highest BCUT2D eigenvalue weighted by Crippen LogP contribution is 2.31. The Morgan fingerprint density at radius 2 is 1.58 bits per heavy atom. The lowest BCUT2D eigenvalue weighted by Crippen LogP contribution is -2.04. The Hall–Kier alpha value is -2.29. The first kappa shape index (κ1) is 18.1. The van der Waals surface area contributed by atoms with Gasteiger partial charge in [0, 0.05) is 11.6 Å². The van der Waals surface area contributed by atoms with E-state index in [2.05, 4.69) is 36.4 Å². The maximum Gasteiger partial charge on any atom is 0.127 e. The van der Waals surface area contributed by atoms with E-state index in [1.807, 2.05) is 49.4 Å². The van der Waals surface area contributed by atoms with E-state index in [1.165, 1.54) is 0 Å². The largest absolute Gasteiger partial charge is 0.488 e. The maximum absolute atomic E-state index is 6.05. The predicted octanol–water partition coefficient (Wildman–Crippen LogP) is 5.37. The number of para-hydroxylation sites is 1. The van der Waals surface area contributed by atoms with Crippen molar-refractivity contribution in [3.05, 3.63) is 90.0 Å². The van der Waals surface area contributed by atoms with Crippen LogP contribution >= 0.6 is 12.4 Å². The van der Waals surface area contributed by atoms with E-state index in [9.17, 15) is 0 Å². The molecule has 1 atom stereocenters. The molecule has 0 saturated carbocycles. The average molecular weight is 340 g/mol. The molecule has 124 valence electrons. The molecule has 24 heavy (non-hydrogen) atoms. The minimum Gasteiger partial charge on any atom is -0.488 e. The number of benzene rings is 3. The average Bonchev–Trinajstić information content (AvgIpc) is 2.61.